The molecule has 0 aliphatic carbocycles. The molecule has 0 saturated heterocycles. The van der Waals surface area contributed by atoms with E-state index in [1.54, 1.807) is 0 Å². The predicted octanol–water partition coefficient (Wildman–Crippen LogP) is -0.955. The number of halogens is 1. The molecule has 1 aliphatic heterocycles. The zero-order valence-electron chi connectivity index (χ0n) is 8.86. The summed E-state index contributed by atoms with van der Waals surface area (Å²) in [7, 11) is -1.13. The average Bonchev–Trinajstić information content (AvgIpc) is 2.44. The lowest BCUT2D eigenvalue weighted by molar-refractivity contribution is 0.533. The Balaban J connectivity index is 0.00000196. The van der Waals surface area contributed by atoms with Gasteiger partial charge in [0.05, 0.1) is 12.8 Å². The summed E-state index contributed by atoms with van der Waals surface area (Å²) in [6.07, 6.45) is 1.15. The van der Waals surface area contributed by atoms with Gasteiger partial charge in [-0.25, -0.2) is 13.1 Å². The number of rotatable bonds is 4. The molecule has 0 unspecified atom stereocenters. The van der Waals surface area contributed by atoms with Crippen molar-refractivity contribution in [3.8, 4) is 0 Å². The second kappa shape index (κ2) is 6.48. The van der Waals surface area contributed by atoms with Gasteiger partial charge in [-0.2, -0.15) is 0 Å². The molecule has 0 saturated carbocycles. The van der Waals surface area contributed by atoms with Crippen molar-refractivity contribution in [1.29, 1.82) is 0 Å². The summed E-state index contributed by atoms with van der Waals surface area (Å²) >= 11 is 0. The molecule has 0 aromatic heterocycles. The van der Waals surface area contributed by atoms with Crippen LogP contribution in [0.3, 0.4) is 0 Å². The van der Waals surface area contributed by atoms with Crippen molar-refractivity contribution in [3.63, 3.8) is 0 Å². The number of sulfonamides is 1. The molecule has 0 radical (unpaired) electrons. The van der Waals surface area contributed by atoms with E-state index in [2.05, 4.69) is 15.0 Å². The molecule has 0 aromatic rings. The minimum absolute atomic E-state index is 0. The summed E-state index contributed by atoms with van der Waals surface area (Å²) in [5.41, 5.74) is 0. The maximum absolute atomic E-state index is 10.7. The number of hydrogen-bond donors (Lipinski definition) is 2. The molecular formula is C7H17IN4O2S. The normalized spacial score (nSPS) is 15.9. The minimum Gasteiger partial charge on any atom is -0.355 e. The van der Waals surface area contributed by atoms with Gasteiger partial charge >= 0.3 is 0 Å². The van der Waals surface area contributed by atoms with Crippen LogP contribution in [-0.2, 0) is 10.0 Å². The van der Waals surface area contributed by atoms with E-state index in [1.807, 2.05) is 11.9 Å². The van der Waals surface area contributed by atoms with E-state index >= 15 is 0 Å². The van der Waals surface area contributed by atoms with Gasteiger partial charge in [0.25, 0.3) is 0 Å². The number of hydrogen-bond acceptors (Lipinski definition) is 5. The number of nitrogens with zero attached hydrogens (tertiary/aromatic N) is 2. The molecule has 15 heavy (non-hydrogen) atoms. The Morgan fingerprint density at radius 1 is 1.47 bits per heavy atom. The second-order valence-corrected chi connectivity index (χ2v) is 5.05. The van der Waals surface area contributed by atoms with Gasteiger partial charge in [0.1, 0.15) is 0 Å². The van der Waals surface area contributed by atoms with E-state index in [1.165, 1.54) is 0 Å². The molecule has 0 aromatic carbocycles. The molecule has 0 atom stereocenters. The summed E-state index contributed by atoms with van der Waals surface area (Å²) in [5.74, 6) is 0.834. The van der Waals surface area contributed by atoms with Crippen molar-refractivity contribution in [2.45, 2.75) is 0 Å². The highest BCUT2D eigenvalue weighted by Crippen LogP contribution is 1.93. The van der Waals surface area contributed by atoms with Gasteiger partial charge in [0.15, 0.2) is 5.96 Å². The maximum atomic E-state index is 10.7. The monoisotopic (exact) mass is 348 g/mol. The fourth-order valence-corrected chi connectivity index (χ4v) is 1.61. The minimum atomic E-state index is -3.08. The Hall–Kier alpha value is -0.0900. The fourth-order valence-electron chi connectivity index (χ4n) is 1.13. The van der Waals surface area contributed by atoms with E-state index < -0.39 is 10.0 Å². The Labute approximate surface area is 108 Å². The van der Waals surface area contributed by atoms with Gasteiger partial charge in [-0.05, 0) is 0 Å². The van der Waals surface area contributed by atoms with Crippen molar-refractivity contribution in [1.82, 2.24) is 14.9 Å². The Kier molecular flexibility index (Phi) is 6.44. The SMILES string of the molecule is CN1CCN=C1NCCNS(C)(=O)=O.I. The number of likely N-dealkylation sites (N-methyl/N-ethyl adjacent to an activating group) is 1. The first-order valence-electron chi connectivity index (χ1n) is 4.43. The number of nitrogens with one attached hydrogen (secondary N) is 2. The van der Waals surface area contributed by atoms with Crippen LogP contribution in [0.25, 0.3) is 0 Å². The first-order valence-corrected chi connectivity index (χ1v) is 6.32. The van der Waals surface area contributed by atoms with E-state index in [0.29, 0.717) is 13.1 Å². The highest BCUT2D eigenvalue weighted by Gasteiger charge is 2.10. The molecule has 1 rings (SSSR count). The van der Waals surface area contributed by atoms with Crippen LogP contribution in [0.5, 0.6) is 0 Å². The van der Waals surface area contributed by atoms with Crippen molar-refractivity contribution in [2.75, 3.05) is 39.5 Å². The van der Waals surface area contributed by atoms with Gasteiger partial charge in [-0.1, -0.05) is 0 Å². The third-order valence-corrected chi connectivity index (χ3v) is 2.56. The van der Waals surface area contributed by atoms with Gasteiger partial charge in [0.2, 0.25) is 10.0 Å². The average molecular weight is 348 g/mol. The Morgan fingerprint density at radius 2 is 2.13 bits per heavy atom. The van der Waals surface area contributed by atoms with Crippen LogP contribution in [0.15, 0.2) is 4.99 Å². The van der Waals surface area contributed by atoms with Crippen molar-refractivity contribution < 1.29 is 8.42 Å². The second-order valence-electron chi connectivity index (χ2n) is 3.22. The van der Waals surface area contributed by atoms with Crippen molar-refractivity contribution in [3.05, 3.63) is 0 Å². The summed E-state index contributed by atoms with van der Waals surface area (Å²) in [6.45, 7) is 2.65. The molecular weight excluding hydrogens is 331 g/mol. The van der Waals surface area contributed by atoms with Crippen LogP contribution in [-0.4, -0.2) is 58.8 Å². The van der Waals surface area contributed by atoms with Crippen LogP contribution >= 0.6 is 24.0 Å². The van der Waals surface area contributed by atoms with Gasteiger partial charge in [-0.3, -0.25) is 4.99 Å². The van der Waals surface area contributed by atoms with Gasteiger partial charge < -0.3 is 10.2 Å². The Bertz CT molecular complexity index is 317. The molecule has 2 N–H and O–H groups in total. The van der Waals surface area contributed by atoms with E-state index in [4.69, 9.17) is 0 Å². The molecule has 1 aliphatic rings. The highest BCUT2D eigenvalue weighted by atomic mass is 127. The predicted molar refractivity (Wildman–Crippen MR) is 71.2 cm³/mol. The van der Waals surface area contributed by atoms with Crippen molar-refractivity contribution in [2.24, 2.45) is 4.99 Å². The fraction of sp³-hybridized carbons (Fsp3) is 0.857. The maximum Gasteiger partial charge on any atom is 0.208 e. The standard InChI is InChI=1S/C7H16N4O2S.HI/c1-11-6-5-9-7(11)8-3-4-10-14(2,12)13;/h10H,3-6H2,1-2H3,(H,8,9);1H. The summed E-state index contributed by atoms with van der Waals surface area (Å²) in [5, 5.41) is 3.05. The molecule has 1 heterocycles. The summed E-state index contributed by atoms with van der Waals surface area (Å²) in [4.78, 5) is 6.21. The topological polar surface area (TPSA) is 73.8 Å². The number of aliphatic imine (C=N–C) groups is 1. The zero-order valence-corrected chi connectivity index (χ0v) is 12.0. The highest BCUT2D eigenvalue weighted by molar-refractivity contribution is 14.0. The van der Waals surface area contributed by atoms with E-state index in [0.717, 1.165) is 25.3 Å². The van der Waals surface area contributed by atoms with Crippen LogP contribution in [0.4, 0.5) is 0 Å². The van der Waals surface area contributed by atoms with Crippen molar-refractivity contribution >= 4 is 40.0 Å². The lowest BCUT2D eigenvalue weighted by atomic mass is 10.6. The smallest absolute Gasteiger partial charge is 0.208 e. The van der Waals surface area contributed by atoms with E-state index in [-0.39, 0.29) is 24.0 Å². The quantitative estimate of drug-likeness (QED) is 0.507. The third-order valence-electron chi connectivity index (χ3n) is 1.83. The lowest BCUT2D eigenvalue weighted by Gasteiger charge is -2.14. The molecule has 6 nitrogen and oxygen atoms in total. The first kappa shape index (κ1) is 14.9. The summed E-state index contributed by atoms with van der Waals surface area (Å²) in [6, 6.07) is 0. The molecule has 8 heteroatoms. The molecule has 0 spiro atoms. The largest absolute Gasteiger partial charge is 0.355 e. The van der Waals surface area contributed by atoms with E-state index in [9.17, 15) is 8.42 Å². The van der Waals surface area contributed by atoms with Crippen LogP contribution in [0.1, 0.15) is 0 Å². The molecule has 0 fully saturated rings. The first-order chi connectivity index (χ1) is 6.49. The zero-order chi connectivity index (χ0) is 10.6. The van der Waals surface area contributed by atoms with Gasteiger partial charge in [-0.15, -0.1) is 24.0 Å². The molecule has 0 bridgehead atoms. The van der Waals surface area contributed by atoms with Crippen LogP contribution < -0.4 is 10.0 Å². The molecule has 0 amide bonds. The van der Waals surface area contributed by atoms with Crippen LogP contribution in [0, 0.1) is 0 Å². The van der Waals surface area contributed by atoms with Crippen LogP contribution in [0.2, 0.25) is 0 Å². The number of guanidine groups is 1. The molecule has 90 valence electrons. The third kappa shape index (κ3) is 6.15. The summed E-state index contributed by atoms with van der Waals surface area (Å²) < 4.78 is 23.8. The van der Waals surface area contributed by atoms with Gasteiger partial charge in [0, 0.05) is 26.7 Å². The lowest BCUT2D eigenvalue weighted by Crippen LogP contribution is -2.40. The Morgan fingerprint density at radius 3 is 2.60 bits per heavy atom.